The van der Waals surface area contributed by atoms with Crippen molar-refractivity contribution in [1.29, 1.82) is 5.26 Å². The van der Waals surface area contributed by atoms with Gasteiger partial charge in [-0.3, -0.25) is 4.79 Å². The summed E-state index contributed by atoms with van der Waals surface area (Å²) in [5.74, 6) is 0.173. The third kappa shape index (κ3) is 3.57. The molecule has 0 spiro atoms. The number of hydrogen-bond donors (Lipinski definition) is 0. The van der Waals surface area contributed by atoms with E-state index >= 15 is 0 Å². The van der Waals surface area contributed by atoms with Gasteiger partial charge < -0.3 is 9.80 Å². The fourth-order valence-electron chi connectivity index (χ4n) is 3.03. The zero-order chi connectivity index (χ0) is 16.9. The zero-order valence-corrected chi connectivity index (χ0v) is 13.9. The molecule has 1 fully saturated rings. The third-order valence-electron chi connectivity index (χ3n) is 4.47. The molecule has 24 heavy (non-hydrogen) atoms. The molecule has 0 atom stereocenters. The van der Waals surface area contributed by atoms with Crippen molar-refractivity contribution < 1.29 is 4.79 Å². The Balaban J connectivity index is 1.59. The van der Waals surface area contributed by atoms with E-state index in [1.54, 1.807) is 0 Å². The van der Waals surface area contributed by atoms with E-state index in [2.05, 4.69) is 11.0 Å². The van der Waals surface area contributed by atoms with Gasteiger partial charge in [0.2, 0.25) is 5.91 Å². The molecule has 4 heteroatoms. The Morgan fingerprint density at radius 1 is 1.04 bits per heavy atom. The molecule has 0 bridgehead atoms. The summed E-state index contributed by atoms with van der Waals surface area (Å²) in [5, 5.41) is 9.23. The van der Waals surface area contributed by atoms with E-state index in [4.69, 9.17) is 0 Å². The van der Waals surface area contributed by atoms with Gasteiger partial charge in [0.25, 0.3) is 0 Å². The number of para-hydroxylation sites is 1. The first-order valence-corrected chi connectivity index (χ1v) is 8.25. The Hall–Kier alpha value is -2.80. The normalized spacial score (nSPS) is 14.3. The Kier molecular flexibility index (Phi) is 4.81. The van der Waals surface area contributed by atoms with E-state index in [0.29, 0.717) is 25.1 Å². The van der Waals surface area contributed by atoms with E-state index in [1.807, 2.05) is 60.4 Å². The monoisotopic (exact) mass is 319 g/mol. The second-order valence-electron chi connectivity index (χ2n) is 6.16. The summed E-state index contributed by atoms with van der Waals surface area (Å²) in [6.45, 7) is 4.97. The molecule has 1 heterocycles. The number of nitrogens with zero attached hydrogens (tertiary/aromatic N) is 3. The van der Waals surface area contributed by atoms with Gasteiger partial charge in [0.05, 0.1) is 17.7 Å². The van der Waals surface area contributed by atoms with Crippen LogP contribution in [0.3, 0.4) is 0 Å². The highest BCUT2D eigenvalue weighted by Crippen LogP contribution is 2.21. The molecule has 0 N–H and O–H groups in total. The summed E-state index contributed by atoms with van der Waals surface area (Å²) in [6, 6.07) is 18.0. The first-order valence-electron chi connectivity index (χ1n) is 8.25. The summed E-state index contributed by atoms with van der Waals surface area (Å²) >= 11 is 0. The number of carbonyl (C=O) groups is 1. The van der Waals surface area contributed by atoms with Crippen molar-refractivity contribution in [2.24, 2.45) is 0 Å². The van der Waals surface area contributed by atoms with Gasteiger partial charge in [-0.25, -0.2) is 0 Å². The molecule has 3 rings (SSSR count). The van der Waals surface area contributed by atoms with E-state index in [1.165, 1.54) is 5.56 Å². The van der Waals surface area contributed by atoms with Crippen molar-refractivity contribution in [2.45, 2.75) is 13.3 Å². The van der Waals surface area contributed by atoms with E-state index in [0.717, 1.165) is 24.3 Å². The molecule has 4 nitrogen and oxygen atoms in total. The number of benzene rings is 2. The predicted octanol–water partition coefficient (Wildman–Crippen LogP) is 2.76. The number of hydrogen-bond acceptors (Lipinski definition) is 3. The van der Waals surface area contributed by atoms with Crippen molar-refractivity contribution in [3.05, 3.63) is 65.2 Å². The summed E-state index contributed by atoms with van der Waals surface area (Å²) in [7, 11) is 0. The Bertz CT molecular complexity index is 753. The maximum absolute atomic E-state index is 12.5. The average molecular weight is 319 g/mol. The number of carbonyl (C=O) groups excluding carboxylic acids is 1. The van der Waals surface area contributed by atoms with Crippen LogP contribution in [0, 0.1) is 18.3 Å². The van der Waals surface area contributed by atoms with Gasteiger partial charge >= 0.3 is 0 Å². The van der Waals surface area contributed by atoms with Gasteiger partial charge in [0.15, 0.2) is 0 Å². The van der Waals surface area contributed by atoms with Gasteiger partial charge in [-0.1, -0.05) is 42.0 Å². The minimum Gasteiger partial charge on any atom is -0.367 e. The van der Waals surface area contributed by atoms with E-state index in [9.17, 15) is 10.1 Å². The molecule has 122 valence electrons. The molecule has 1 aliphatic rings. The summed E-state index contributed by atoms with van der Waals surface area (Å²) in [6.07, 6.45) is 0.453. The maximum atomic E-state index is 12.5. The van der Waals surface area contributed by atoms with Crippen molar-refractivity contribution in [2.75, 3.05) is 31.1 Å². The van der Waals surface area contributed by atoms with Crippen LogP contribution in [0.4, 0.5) is 5.69 Å². The van der Waals surface area contributed by atoms with Gasteiger partial charge in [-0.2, -0.15) is 5.26 Å². The molecular formula is C20H21N3O. The van der Waals surface area contributed by atoms with E-state index < -0.39 is 0 Å². The molecule has 1 amide bonds. The largest absolute Gasteiger partial charge is 0.367 e. The summed E-state index contributed by atoms with van der Waals surface area (Å²) in [4.78, 5) is 16.6. The van der Waals surface area contributed by atoms with Crippen molar-refractivity contribution >= 4 is 11.6 Å². The molecular weight excluding hydrogens is 298 g/mol. The lowest BCUT2D eigenvalue weighted by Gasteiger charge is -2.36. The van der Waals surface area contributed by atoms with Gasteiger partial charge in [0.1, 0.15) is 6.07 Å². The smallest absolute Gasteiger partial charge is 0.227 e. The molecule has 0 aromatic heterocycles. The SMILES string of the molecule is Cc1ccc(CC(=O)N2CCN(c3ccccc3C#N)CC2)cc1. The Morgan fingerprint density at radius 2 is 1.71 bits per heavy atom. The second kappa shape index (κ2) is 7.18. The van der Waals surface area contributed by atoms with Crippen LogP contribution in [0.5, 0.6) is 0 Å². The lowest BCUT2D eigenvalue weighted by Crippen LogP contribution is -2.49. The van der Waals surface area contributed by atoms with Crippen LogP contribution in [0.1, 0.15) is 16.7 Å². The van der Waals surface area contributed by atoms with Crippen LogP contribution < -0.4 is 4.90 Å². The van der Waals surface area contributed by atoms with Gasteiger partial charge in [0, 0.05) is 26.2 Å². The lowest BCUT2D eigenvalue weighted by molar-refractivity contribution is -0.130. The van der Waals surface area contributed by atoms with Crippen LogP contribution in [-0.2, 0) is 11.2 Å². The van der Waals surface area contributed by atoms with Crippen molar-refractivity contribution in [1.82, 2.24) is 4.90 Å². The molecule has 1 aliphatic heterocycles. The molecule has 0 aliphatic carbocycles. The van der Waals surface area contributed by atoms with Crippen LogP contribution in [-0.4, -0.2) is 37.0 Å². The molecule has 2 aromatic rings. The van der Waals surface area contributed by atoms with Crippen molar-refractivity contribution in [3.8, 4) is 6.07 Å². The number of piperazine rings is 1. The minimum atomic E-state index is 0.173. The Labute approximate surface area is 142 Å². The van der Waals surface area contributed by atoms with Gasteiger partial charge in [-0.15, -0.1) is 0 Å². The quantitative estimate of drug-likeness (QED) is 0.874. The van der Waals surface area contributed by atoms with Crippen molar-refractivity contribution in [3.63, 3.8) is 0 Å². The first-order chi connectivity index (χ1) is 11.7. The molecule has 0 unspecified atom stereocenters. The molecule has 1 saturated heterocycles. The number of anilines is 1. The van der Waals surface area contributed by atoms with Crippen LogP contribution >= 0.6 is 0 Å². The predicted molar refractivity (Wildman–Crippen MR) is 94.8 cm³/mol. The maximum Gasteiger partial charge on any atom is 0.227 e. The number of amides is 1. The highest BCUT2D eigenvalue weighted by Gasteiger charge is 2.22. The number of aryl methyl sites for hydroxylation is 1. The third-order valence-corrected chi connectivity index (χ3v) is 4.47. The molecule has 2 aromatic carbocycles. The van der Waals surface area contributed by atoms with Crippen LogP contribution in [0.25, 0.3) is 0 Å². The number of nitriles is 1. The standard InChI is InChI=1S/C20H21N3O/c1-16-6-8-17(9-7-16)14-20(24)23-12-10-22(11-13-23)19-5-3-2-4-18(19)15-21/h2-9H,10-14H2,1H3. The zero-order valence-electron chi connectivity index (χ0n) is 13.9. The molecule has 0 saturated carbocycles. The first kappa shape index (κ1) is 16.1. The fraction of sp³-hybridized carbons (Fsp3) is 0.300. The fourth-order valence-corrected chi connectivity index (χ4v) is 3.03. The average Bonchev–Trinajstić information content (AvgIpc) is 2.63. The molecule has 0 radical (unpaired) electrons. The van der Waals surface area contributed by atoms with Crippen LogP contribution in [0.2, 0.25) is 0 Å². The number of rotatable bonds is 3. The van der Waals surface area contributed by atoms with Gasteiger partial charge in [-0.05, 0) is 24.6 Å². The summed E-state index contributed by atoms with van der Waals surface area (Å²) in [5.41, 5.74) is 3.92. The summed E-state index contributed by atoms with van der Waals surface area (Å²) < 4.78 is 0. The highest BCUT2D eigenvalue weighted by atomic mass is 16.2. The second-order valence-corrected chi connectivity index (χ2v) is 6.16. The minimum absolute atomic E-state index is 0.173. The highest BCUT2D eigenvalue weighted by molar-refractivity contribution is 5.79. The Morgan fingerprint density at radius 3 is 2.38 bits per heavy atom. The van der Waals surface area contributed by atoms with E-state index in [-0.39, 0.29) is 5.91 Å². The topological polar surface area (TPSA) is 47.3 Å². The lowest BCUT2D eigenvalue weighted by atomic mass is 10.1. The van der Waals surface area contributed by atoms with Crippen LogP contribution in [0.15, 0.2) is 48.5 Å².